The lowest BCUT2D eigenvalue weighted by molar-refractivity contribution is 0.0911. The summed E-state index contributed by atoms with van der Waals surface area (Å²) in [5.74, 6) is 0.560. The highest BCUT2D eigenvalue weighted by Crippen LogP contribution is 2.24. The molecule has 1 aliphatic carbocycles. The Labute approximate surface area is 130 Å². The molecule has 1 aliphatic heterocycles. The van der Waals surface area contributed by atoms with E-state index in [1.165, 1.54) is 10.6 Å². The van der Waals surface area contributed by atoms with Crippen molar-refractivity contribution in [2.24, 2.45) is 0 Å². The molecule has 1 unspecified atom stereocenters. The van der Waals surface area contributed by atoms with Crippen molar-refractivity contribution in [1.82, 2.24) is 14.8 Å². The second-order valence-corrected chi connectivity index (χ2v) is 8.06. The zero-order valence-electron chi connectivity index (χ0n) is 12.7. The van der Waals surface area contributed by atoms with E-state index in [9.17, 15) is 13.2 Å². The molecule has 3 rings (SSSR count). The molecule has 7 nitrogen and oxygen atoms in total. The van der Waals surface area contributed by atoms with Gasteiger partial charge in [-0.25, -0.2) is 12.7 Å². The fourth-order valence-corrected chi connectivity index (χ4v) is 4.09. The molecule has 22 heavy (non-hydrogen) atoms. The van der Waals surface area contributed by atoms with Crippen molar-refractivity contribution in [3.8, 4) is 0 Å². The molecule has 1 atom stereocenters. The number of fused-ring (bicyclic) bond motifs is 1. The third-order valence-electron chi connectivity index (χ3n) is 4.35. The van der Waals surface area contributed by atoms with Crippen molar-refractivity contribution in [3.63, 3.8) is 0 Å². The summed E-state index contributed by atoms with van der Waals surface area (Å²) in [6.45, 7) is 0.842. The Morgan fingerprint density at radius 2 is 2.09 bits per heavy atom. The van der Waals surface area contributed by atoms with Crippen LogP contribution >= 0.6 is 0 Å². The molecule has 8 heteroatoms. The van der Waals surface area contributed by atoms with Crippen LogP contribution < -0.4 is 5.32 Å². The summed E-state index contributed by atoms with van der Waals surface area (Å²) in [5.41, 5.74) is 1.28. The molecule has 0 spiro atoms. The molecule has 0 saturated carbocycles. The van der Waals surface area contributed by atoms with Gasteiger partial charge in [0.2, 0.25) is 10.0 Å². The number of hydrogen-bond donors (Lipinski definition) is 1. The first-order valence-electron chi connectivity index (χ1n) is 7.68. The van der Waals surface area contributed by atoms with E-state index in [1.807, 2.05) is 0 Å². The Hall–Kier alpha value is -1.41. The molecule has 2 heterocycles. The van der Waals surface area contributed by atoms with Crippen LogP contribution in [0.5, 0.6) is 0 Å². The highest BCUT2D eigenvalue weighted by atomic mass is 32.2. The lowest BCUT2D eigenvalue weighted by atomic mass is 9.96. The Morgan fingerprint density at radius 1 is 1.32 bits per heavy atom. The fourth-order valence-electron chi connectivity index (χ4n) is 3.18. The van der Waals surface area contributed by atoms with E-state index >= 15 is 0 Å². The number of aromatic nitrogens is 1. The maximum absolute atomic E-state index is 12.4. The normalized spacial score (nSPS) is 23.0. The van der Waals surface area contributed by atoms with Gasteiger partial charge in [0, 0.05) is 31.1 Å². The van der Waals surface area contributed by atoms with E-state index in [2.05, 4.69) is 10.5 Å². The van der Waals surface area contributed by atoms with Gasteiger partial charge in [-0.2, -0.15) is 0 Å². The van der Waals surface area contributed by atoms with Crippen molar-refractivity contribution >= 4 is 15.9 Å². The first kappa shape index (κ1) is 15.5. The Morgan fingerprint density at radius 3 is 2.86 bits per heavy atom. The average Bonchev–Trinajstić information content (AvgIpc) is 2.90. The summed E-state index contributed by atoms with van der Waals surface area (Å²) < 4.78 is 29.9. The number of nitrogens with one attached hydrogen (secondary N) is 1. The molecule has 1 aromatic rings. The second-order valence-electron chi connectivity index (χ2n) is 6.07. The maximum Gasteiger partial charge on any atom is 0.274 e. The first-order chi connectivity index (χ1) is 10.4. The number of aryl methyl sites for hydroxylation is 1. The fraction of sp³-hybridized carbons (Fsp3) is 0.714. The van der Waals surface area contributed by atoms with Gasteiger partial charge in [-0.1, -0.05) is 5.16 Å². The predicted octanol–water partition coefficient (Wildman–Crippen LogP) is 0.707. The van der Waals surface area contributed by atoms with Gasteiger partial charge in [0.15, 0.2) is 5.69 Å². The quantitative estimate of drug-likeness (QED) is 0.882. The minimum atomic E-state index is -3.21. The van der Waals surface area contributed by atoms with Gasteiger partial charge in [0.05, 0.1) is 6.26 Å². The number of carbonyl (C=O) groups excluding carboxylic acids is 1. The van der Waals surface area contributed by atoms with Gasteiger partial charge in [-0.3, -0.25) is 4.79 Å². The minimum absolute atomic E-state index is 0.174. The van der Waals surface area contributed by atoms with Crippen molar-refractivity contribution in [2.75, 3.05) is 19.3 Å². The van der Waals surface area contributed by atoms with Crippen molar-refractivity contribution < 1.29 is 17.7 Å². The highest BCUT2D eigenvalue weighted by Gasteiger charge is 2.29. The zero-order chi connectivity index (χ0) is 15.7. The van der Waals surface area contributed by atoms with Gasteiger partial charge in [0.25, 0.3) is 5.91 Å². The van der Waals surface area contributed by atoms with Crippen LogP contribution in [-0.2, 0) is 22.9 Å². The summed E-state index contributed by atoms with van der Waals surface area (Å²) in [6.07, 6.45) is 6.48. The van der Waals surface area contributed by atoms with Crippen LogP contribution in [0, 0.1) is 0 Å². The lowest BCUT2D eigenvalue weighted by Crippen LogP contribution is -2.49. The molecular formula is C14H21N3O4S. The van der Waals surface area contributed by atoms with Crippen molar-refractivity contribution in [3.05, 3.63) is 17.0 Å². The standard InChI is InChI=1S/C14H21N3O4S/c1-22(19,20)17-8-4-5-10(9-17)15-14(18)13-11-6-2-3-7-12(11)21-16-13/h10H,2-9H2,1H3,(H,15,18). The van der Waals surface area contributed by atoms with E-state index in [0.717, 1.165) is 49.8 Å². The van der Waals surface area contributed by atoms with Gasteiger partial charge >= 0.3 is 0 Å². The summed E-state index contributed by atoms with van der Waals surface area (Å²) in [7, 11) is -3.21. The number of nitrogens with zero attached hydrogens (tertiary/aromatic N) is 2. The second kappa shape index (κ2) is 6.00. The van der Waals surface area contributed by atoms with Gasteiger partial charge in [0.1, 0.15) is 5.76 Å². The third-order valence-corrected chi connectivity index (χ3v) is 5.62. The molecule has 0 aromatic carbocycles. The molecule has 1 aromatic heterocycles. The number of piperidine rings is 1. The molecule has 1 N–H and O–H groups in total. The van der Waals surface area contributed by atoms with E-state index in [4.69, 9.17) is 4.52 Å². The van der Waals surface area contributed by atoms with Crippen LogP contribution in [0.3, 0.4) is 0 Å². The third kappa shape index (κ3) is 3.17. The average molecular weight is 327 g/mol. The lowest BCUT2D eigenvalue weighted by Gasteiger charge is -2.31. The largest absolute Gasteiger partial charge is 0.360 e. The van der Waals surface area contributed by atoms with Gasteiger partial charge < -0.3 is 9.84 Å². The summed E-state index contributed by atoms with van der Waals surface area (Å²) in [4.78, 5) is 12.4. The van der Waals surface area contributed by atoms with E-state index in [-0.39, 0.29) is 11.9 Å². The van der Waals surface area contributed by atoms with E-state index < -0.39 is 10.0 Å². The Balaban J connectivity index is 1.68. The molecule has 2 aliphatic rings. The SMILES string of the molecule is CS(=O)(=O)N1CCCC(NC(=O)c2noc3c2CCCC3)C1. The van der Waals surface area contributed by atoms with Gasteiger partial charge in [-0.05, 0) is 32.1 Å². The van der Waals surface area contributed by atoms with Crippen LogP contribution in [0.4, 0.5) is 0 Å². The maximum atomic E-state index is 12.4. The van der Waals surface area contributed by atoms with Crippen LogP contribution in [0.2, 0.25) is 0 Å². The van der Waals surface area contributed by atoms with Gasteiger partial charge in [-0.15, -0.1) is 0 Å². The molecule has 1 fully saturated rings. The smallest absolute Gasteiger partial charge is 0.274 e. The number of hydrogen-bond acceptors (Lipinski definition) is 5. The topological polar surface area (TPSA) is 92.5 Å². The molecule has 0 radical (unpaired) electrons. The monoisotopic (exact) mass is 327 g/mol. The molecule has 0 bridgehead atoms. The zero-order valence-corrected chi connectivity index (χ0v) is 13.5. The Kier molecular flexibility index (Phi) is 4.22. The number of amides is 1. The number of sulfonamides is 1. The summed E-state index contributed by atoms with van der Waals surface area (Å²) >= 11 is 0. The molecule has 1 amide bonds. The molecule has 122 valence electrons. The van der Waals surface area contributed by atoms with Crippen LogP contribution in [-0.4, -0.2) is 49.2 Å². The molecule has 1 saturated heterocycles. The number of rotatable bonds is 3. The van der Waals surface area contributed by atoms with E-state index in [0.29, 0.717) is 18.8 Å². The minimum Gasteiger partial charge on any atom is -0.360 e. The van der Waals surface area contributed by atoms with Crippen LogP contribution in [0.15, 0.2) is 4.52 Å². The highest BCUT2D eigenvalue weighted by molar-refractivity contribution is 7.88. The summed E-state index contributed by atoms with van der Waals surface area (Å²) in [5, 5.41) is 6.82. The van der Waals surface area contributed by atoms with E-state index in [1.54, 1.807) is 0 Å². The summed E-state index contributed by atoms with van der Waals surface area (Å²) in [6, 6.07) is -0.174. The van der Waals surface area contributed by atoms with Crippen LogP contribution in [0.1, 0.15) is 47.5 Å². The predicted molar refractivity (Wildman–Crippen MR) is 80.1 cm³/mol. The molecular weight excluding hydrogens is 306 g/mol. The first-order valence-corrected chi connectivity index (χ1v) is 9.53. The van der Waals surface area contributed by atoms with Crippen molar-refractivity contribution in [2.45, 2.75) is 44.6 Å². The number of carbonyl (C=O) groups is 1. The van der Waals surface area contributed by atoms with Crippen molar-refractivity contribution in [1.29, 1.82) is 0 Å². The van der Waals surface area contributed by atoms with Crippen LogP contribution in [0.25, 0.3) is 0 Å². The Bertz CT molecular complexity index is 668.